The number of fused-ring (bicyclic) bond motifs is 4. The quantitative estimate of drug-likeness (QED) is 0.163. The van der Waals surface area contributed by atoms with Gasteiger partial charge in [-0.3, -0.25) is 0 Å². The summed E-state index contributed by atoms with van der Waals surface area (Å²) in [5, 5.41) is 0. The summed E-state index contributed by atoms with van der Waals surface area (Å²) in [7, 11) is 0. The average molecular weight is 855 g/mol. The number of nitrogens with zero attached hydrogens (tertiary/aromatic N) is 2. The summed E-state index contributed by atoms with van der Waals surface area (Å²) in [6.45, 7) is 26.1. The third-order valence-corrected chi connectivity index (χ3v) is 15.9. The minimum absolute atomic E-state index is 0.00303. The van der Waals surface area contributed by atoms with Crippen LogP contribution in [0.15, 0.2) is 144 Å². The molecule has 0 atom stereocenters. The maximum absolute atomic E-state index is 2.69. The van der Waals surface area contributed by atoms with Gasteiger partial charge in [0, 0.05) is 46.2 Å². The maximum Gasteiger partial charge on any atom is 0.259 e. The minimum atomic E-state index is -0.00303. The van der Waals surface area contributed by atoms with E-state index in [-0.39, 0.29) is 23.0 Å². The molecule has 3 aliphatic heterocycles. The van der Waals surface area contributed by atoms with Gasteiger partial charge in [0.1, 0.15) is 0 Å². The van der Waals surface area contributed by atoms with Gasteiger partial charge in [-0.15, -0.1) is 11.8 Å². The molecular formula is C60H63BN2S. The standard InChI is InChI=1S/C60H63BN2S/c1-38-31-40(3)55(41(4)32-38)43-21-18-30-64-57-51(26-24-43)62(45-22-16-13-17-23-45)53-33-39(2)34-54-56(53)61(57)49-36-47-48(60(10,11)29-28-59(47,8)9)37-52(49)63(54)50-27-25-44(58(5,6)7)35-46(50)42-19-14-12-15-20-42/h12-25,27,31-37H,26,28-30H2,1-11H3. The molecule has 0 spiro atoms. The normalized spacial score (nSPS) is 17.4. The Hall–Kier alpha value is -5.45. The first kappa shape index (κ1) is 42.5. The molecule has 0 radical (unpaired) electrons. The molecule has 0 bridgehead atoms. The Labute approximate surface area is 388 Å². The predicted molar refractivity (Wildman–Crippen MR) is 281 cm³/mol. The molecule has 4 heteroatoms. The number of hydrogen-bond acceptors (Lipinski definition) is 3. The summed E-state index contributed by atoms with van der Waals surface area (Å²) in [6, 6.07) is 44.6. The van der Waals surface area contributed by atoms with E-state index in [4.69, 9.17) is 0 Å². The molecule has 0 amide bonds. The monoisotopic (exact) mass is 854 g/mol. The number of anilines is 5. The molecule has 6 aromatic carbocycles. The molecule has 0 aromatic heterocycles. The van der Waals surface area contributed by atoms with E-state index in [0.717, 1.165) is 12.2 Å². The summed E-state index contributed by atoms with van der Waals surface area (Å²) in [5.74, 6) is 0.894. The van der Waals surface area contributed by atoms with Crippen LogP contribution in [0.3, 0.4) is 0 Å². The maximum atomic E-state index is 2.69. The molecule has 1 aliphatic carbocycles. The van der Waals surface area contributed by atoms with E-state index in [0.29, 0.717) is 0 Å². The second kappa shape index (κ2) is 15.6. The zero-order valence-corrected chi connectivity index (χ0v) is 40.7. The fourth-order valence-corrected chi connectivity index (χ4v) is 12.5. The Morgan fingerprint density at radius 3 is 1.89 bits per heavy atom. The average Bonchev–Trinajstić information content (AvgIpc) is 3.35. The zero-order chi connectivity index (χ0) is 44.9. The molecule has 64 heavy (non-hydrogen) atoms. The van der Waals surface area contributed by atoms with Crippen molar-refractivity contribution in [1.82, 2.24) is 0 Å². The van der Waals surface area contributed by atoms with Gasteiger partial charge in [0.05, 0.1) is 5.69 Å². The van der Waals surface area contributed by atoms with E-state index >= 15 is 0 Å². The van der Waals surface area contributed by atoms with Crippen LogP contribution in [-0.2, 0) is 16.2 Å². The summed E-state index contributed by atoms with van der Waals surface area (Å²) in [4.78, 5) is 6.77. The SMILES string of the molecule is Cc1cc(C)c(C2=CCC3=C(SCC=C2)B2c4cc5c(cc4N(c4ccc(C(C)(C)C)cc4-c4ccccc4)c4cc(C)cc(c42)N3c2ccccc2)C(C)(C)CCC5(C)C)c(C)c1. The molecule has 10 rings (SSSR count). The van der Waals surface area contributed by atoms with E-state index < -0.39 is 0 Å². The first-order valence-electron chi connectivity index (χ1n) is 23.5. The molecule has 0 unspecified atom stereocenters. The van der Waals surface area contributed by atoms with Crippen LogP contribution in [0, 0.1) is 27.7 Å². The van der Waals surface area contributed by atoms with Gasteiger partial charge in [-0.2, -0.15) is 0 Å². The predicted octanol–water partition coefficient (Wildman–Crippen LogP) is 15.3. The van der Waals surface area contributed by atoms with Crippen molar-refractivity contribution in [2.75, 3.05) is 15.6 Å². The largest absolute Gasteiger partial charge is 0.314 e. The summed E-state index contributed by atoms with van der Waals surface area (Å²) in [6.07, 6.45) is 10.5. The first-order chi connectivity index (χ1) is 30.5. The smallest absolute Gasteiger partial charge is 0.259 e. The number of para-hydroxylation sites is 1. The highest BCUT2D eigenvalue weighted by molar-refractivity contribution is 8.05. The Kier molecular flexibility index (Phi) is 10.4. The molecule has 322 valence electrons. The lowest BCUT2D eigenvalue weighted by Gasteiger charge is -2.48. The molecule has 0 N–H and O–H groups in total. The van der Waals surface area contributed by atoms with Crippen LogP contribution in [-0.4, -0.2) is 12.5 Å². The fraction of sp³-hybridized carbons (Fsp3) is 0.300. The van der Waals surface area contributed by atoms with Crippen molar-refractivity contribution in [2.45, 2.75) is 112 Å². The number of rotatable bonds is 4. The molecule has 3 heterocycles. The number of aryl methyl sites for hydroxylation is 4. The zero-order valence-electron chi connectivity index (χ0n) is 39.9. The van der Waals surface area contributed by atoms with Gasteiger partial charge in [0.15, 0.2) is 0 Å². The number of benzene rings is 6. The van der Waals surface area contributed by atoms with E-state index in [1.807, 2.05) is 11.8 Å². The Bertz CT molecular complexity index is 2920. The number of thioether (sulfide) groups is 1. The van der Waals surface area contributed by atoms with E-state index in [2.05, 4.69) is 219 Å². The summed E-state index contributed by atoms with van der Waals surface area (Å²) < 4.78 is 0. The van der Waals surface area contributed by atoms with Gasteiger partial charge in [0.2, 0.25) is 0 Å². The molecule has 4 aliphatic rings. The molecule has 0 saturated heterocycles. The second-order valence-electron chi connectivity index (χ2n) is 21.4. The Balaban J connectivity index is 1.31. The van der Waals surface area contributed by atoms with Gasteiger partial charge in [-0.1, -0.05) is 145 Å². The summed E-state index contributed by atoms with van der Waals surface area (Å²) >= 11 is 2.05. The van der Waals surface area contributed by atoms with Crippen LogP contribution in [0.4, 0.5) is 28.4 Å². The van der Waals surface area contributed by atoms with Crippen LogP contribution in [0.2, 0.25) is 0 Å². The van der Waals surface area contributed by atoms with Crippen LogP contribution in [0.5, 0.6) is 0 Å². The van der Waals surface area contributed by atoms with Crippen molar-refractivity contribution in [1.29, 1.82) is 0 Å². The minimum Gasteiger partial charge on any atom is -0.314 e. The number of allylic oxidation sites excluding steroid dienone is 3. The van der Waals surface area contributed by atoms with Crippen molar-refractivity contribution < 1.29 is 0 Å². The van der Waals surface area contributed by atoms with Gasteiger partial charge < -0.3 is 9.80 Å². The lowest BCUT2D eigenvalue weighted by atomic mass is 9.36. The van der Waals surface area contributed by atoms with E-state index in [1.165, 1.54) is 124 Å². The van der Waals surface area contributed by atoms with Crippen molar-refractivity contribution in [3.05, 3.63) is 188 Å². The van der Waals surface area contributed by atoms with Crippen molar-refractivity contribution in [3.63, 3.8) is 0 Å². The molecule has 0 fully saturated rings. The summed E-state index contributed by atoms with van der Waals surface area (Å²) in [5.41, 5.74) is 25.4. The fourth-order valence-electron chi connectivity index (χ4n) is 11.4. The van der Waals surface area contributed by atoms with Gasteiger partial charge in [-0.25, -0.2) is 0 Å². The van der Waals surface area contributed by atoms with Gasteiger partial charge in [0.25, 0.3) is 6.71 Å². The second-order valence-corrected chi connectivity index (χ2v) is 22.5. The third kappa shape index (κ3) is 7.12. The number of hydrogen-bond donors (Lipinski definition) is 0. The lowest BCUT2D eigenvalue weighted by molar-refractivity contribution is 0.332. The van der Waals surface area contributed by atoms with Crippen LogP contribution in [0.1, 0.15) is 112 Å². The molecule has 6 aromatic rings. The highest BCUT2D eigenvalue weighted by Crippen LogP contribution is 2.53. The molecule has 0 saturated carbocycles. The van der Waals surface area contributed by atoms with E-state index in [9.17, 15) is 0 Å². The van der Waals surface area contributed by atoms with E-state index in [1.54, 1.807) is 0 Å². The van der Waals surface area contributed by atoms with Gasteiger partial charge in [-0.05, 0) is 165 Å². The Morgan fingerprint density at radius 1 is 0.625 bits per heavy atom. The van der Waals surface area contributed by atoms with Crippen molar-refractivity contribution in [3.8, 4) is 11.1 Å². The lowest BCUT2D eigenvalue weighted by Crippen LogP contribution is -2.56. The van der Waals surface area contributed by atoms with Gasteiger partial charge >= 0.3 is 0 Å². The Morgan fingerprint density at radius 2 is 1.23 bits per heavy atom. The van der Waals surface area contributed by atoms with Crippen LogP contribution < -0.4 is 20.7 Å². The first-order valence-corrected chi connectivity index (χ1v) is 24.5. The van der Waals surface area contributed by atoms with Crippen LogP contribution >= 0.6 is 11.8 Å². The molecular weight excluding hydrogens is 792 g/mol. The third-order valence-electron chi connectivity index (χ3n) is 14.7. The highest BCUT2D eigenvalue weighted by Gasteiger charge is 2.47. The molecule has 2 nitrogen and oxygen atoms in total. The highest BCUT2D eigenvalue weighted by atomic mass is 32.2. The van der Waals surface area contributed by atoms with Crippen LogP contribution in [0.25, 0.3) is 16.7 Å². The van der Waals surface area contributed by atoms with Crippen molar-refractivity contribution >= 4 is 63.4 Å². The van der Waals surface area contributed by atoms with Crippen molar-refractivity contribution in [2.24, 2.45) is 0 Å². The topological polar surface area (TPSA) is 6.48 Å².